The third-order valence-corrected chi connectivity index (χ3v) is 6.87. The highest BCUT2D eigenvalue weighted by Gasteiger charge is 2.33. The Labute approximate surface area is 195 Å². The van der Waals surface area contributed by atoms with E-state index >= 15 is 0 Å². The van der Waals surface area contributed by atoms with Crippen molar-refractivity contribution in [2.45, 2.75) is 17.7 Å². The molecular formula is C22H18F3N5OS2. The summed E-state index contributed by atoms with van der Waals surface area (Å²) in [7, 11) is 1.93. The van der Waals surface area contributed by atoms with Gasteiger partial charge in [0.2, 0.25) is 5.91 Å². The number of hydrogen-bond donors (Lipinski definition) is 1. The predicted molar refractivity (Wildman–Crippen MR) is 125 cm³/mol. The maximum Gasteiger partial charge on any atom is 0.418 e. The van der Waals surface area contributed by atoms with E-state index in [2.05, 4.69) is 20.3 Å². The van der Waals surface area contributed by atoms with Crippen molar-refractivity contribution in [2.75, 3.05) is 23.0 Å². The second-order valence-electron chi connectivity index (χ2n) is 7.05. The predicted octanol–water partition coefficient (Wildman–Crippen LogP) is 5.47. The number of thioether (sulfide) groups is 1. The Morgan fingerprint density at radius 3 is 2.58 bits per heavy atom. The van der Waals surface area contributed by atoms with E-state index in [1.54, 1.807) is 0 Å². The van der Waals surface area contributed by atoms with Crippen molar-refractivity contribution in [2.24, 2.45) is 0 Å². The van der Waals surface area contributed by atoms with Crippen LogP contribution in [0.2, 0.25) is 0 Å². The zero-order valence-electron chi connectivity index (χ0n) is 17.3. The molecule has 0 aliphatic rings. The lowest BCUT2D eigenvalue weighted by Gasteiger charge is -2.15. The summed E-state index contributed by atoms with van der Waals surface area (Å²) in [4.78, 5) is 27.4. The molecule has 0 saturated heterocycles. The van der Waals surface area contributed by atoms with E-state index in [9.17, 15) is 18.0 Å². The number of rotatable bonds is 7. The number of amides is 1. The van der Waals surface area contributed by atoms with E-state index in [4.69, 9.17) is 0 Å². The molecule has 2 heterocycles. The van der Waals surface area contributed by atoms with Crippen molar-refractivity contribution in [3.05, 3.63) is 72.1 Å². The third-order valence-electron chi connectivity index (χ3n) is 4.58. The number of anilines is 2. The van der Waals surface area contributed by atoms with Gasteiger partial charge in [-0.2, -0.15) is 18.2 Å². The number of hydrogen-bond acceptors (Lipinski definition) is 7. The Bertz CT molecular complexity index is 1260. The molecule has 0 spiro atoms. The van der Waals surface area contributed by atoms with Crippen molar-refractivity contribution in [1.82, 2.24) is 15.0 Å². The maximum absolute atomic E-state index is 13.1. The summed E-state index contributed by atoms with van der Waals surface area (Å²) < 4.78 is 40.2. The van der Waals surface area contributed by atoms with Crippen molar-refractivity contribution in [1.29, 1.82) is 0 Å². The molecule has 1 N–H and O–H groups in total. The van der Waals surface area contributed by atoms with E-state index in [0.29, 0.717) is 17.2 Å². The zero-order chi connectivity index (χ0) is 23.4. The van der Waals surface area contributed by atoms with Gasteiger partial charge in [-0.25, -0.2) is 9.97 Å². The fourth-order valence-electron chi connectivity index (χ4n) is 3.07. The van der Waals surface area contributed by atoms with Crippen LogP contribution in [0.5, 0.6) is 0 Å². The average Bonchev–Trinajstić information content (AvgIpc) is 3.23. The number of para-hydroxylation sites is 1. The molecule has 0 aliphatic heterocycles. The van der Waals surface area contributed by atoms with Gasteiger partial charge in [0.15, 0.2) is 10.8 Å². The summed E-state index contributed by atoms with van der Waals surface area (Å²) in [5.74, 6) is -0.667. The average molecular weight is 490 g/mol. The SMILES string of the molecule is CN(Cc1ccccc1)c1nc2ncnc(SCC(=O)Nc3ccccc3C(F)(F)F)c2s1. The van der Waals surface area contributed by atoms with E-state index in [-0.39, 0.29) is 11.4 Å². The molecule has 11 heteroatoms. The molecule has 2 aromatic heterocycles. The number of alkyl halides is 3. The van der Waals surface area contributed by atoms with Gasteiger partial charge >= 0.3 is 6.18 Å². The number of nitrogens with one attached hydrogen (secondary N) is 1. The van der Waals surface area contributed by atoms with Gasteiger partial charge in [-0.1, -0.05) is 65.6 Å². The van der Waals surface area contributed by atoms with Crippen LogP contribution in [0.1, 0.15) is 11.1 Å². The number of nitrogens with zero attached hydrogens (tertiary/aromatic N) is 4. The summed E-state index contributed by atoms with van der Waals surface area (Å²) in [5.41, 5.74) is 0.485. The van der Waals surface area contributed by atoms with Crippen LogP contribution >= 0.6 is 23.1 Å². The minimum absolute atomic E-state index is 0.106. The van der Waals surface area contributed by atoms with Crippen LogP contribution in [0, 0.1) is 0 Å². The number of halogens is 3. The molecule has 6 nitrogen and oxygen atoms in total. The van der Waals surface area contributed by atoms with Gasteiger partial charge in [0, 0.05) is 13.6 Å². The number of aromatic nitrogens is 3. The molecule has 0 radical (unpaired) electrons. The Morgan fingerprint density at radius 2 is 1.82 bits per heavy atom. The smallest absolute Gasteiger partial charge is 0.347 e. The summed E-state index contributed by atoms with van der Waals surface area (Å²) in [6.07, 6.45) is -3.19. The fourth-order valence-corrected chi connectivity index (χ4v) is 4.92. The second-order valence-corrected chi connectivity index (χ2v) is 8.99. The first-order valence-corrected chi connectivity index (χ1v) is 11.6. The Hall–Kier alpha value is -3.18. The molecule has 0 atom stereocenters. The quantitative estimate of drug-likeness (QED) is 0.274. The topological polar surface area (TPSA) is 71.0 Å². The molecule has 4 rings (SSSR count). The molecule has 0 saturated carbocycles. The highest BCUT2D eigenvalue weighted by atomic mass is 32.2. The van der Waals surface area contributed by atoms with Crippen molar-refractivity contribution >= 4 is 50.2 Å². The molecule has 0 fully saturated rings. The molecule has 4 aromatic rings. The van der Waals surface area contributed by atoms with Crippen LogP contribution in [0.15, 0.2) is 66.0 Å². The lowest BCUT2D eigenvalue weighted by Crippen LogP contribution is -2.18. The Morgan fingerprint density at radius 1 is 1.09 bits per heavy atom. The number of fused-ring (bicyclic) bond motifs is 1. The van der Waals surface area contributed by atoms with Gasteiger partial charge < -0.3 is 10.2 Å². The first-order valence-electron chi connectivity index (χ1n) is 9.77. The van der Waals surface area contributed by atoms with Gasteiger partial charge in [0.05, 0.1) is 17.0 Å². The van der Waals surface area contributed by atoms with Crippen LogP contribution in [-0.4, -0.2) is 33.7 Å². The van der Waals surface area contributed by atoms with E-state index in [0.717, 1.165) is 33.2 Å². The van der Waals surface area contributed by atoms with Crippen LogP contribution in [0.25, 0.3) is 10.3 Å². The van der Waals surface area contributed by atoms with Crippen molar-refractivity contribution < 1.29 is 18.0 Å². The van der Waals surface area contributed by atoms with Crippen LogP contribution in [0.3, 0.4) is 0 Å². The maximum atomic E-state index is 13.1. The Kier molecular flexibility index (Phi) is 6.80. The summed E-state index contributed by atoms with van der Waals surface area (Å²) in [6.45, 7) is 0.664. The van der Waals surface area contributed by atoms with Crippen molar-refractivity contribution in [3.63, 3.8) is 0 Å². The highest BCUT2D eigenvalue weighted by Crippen LogP contribution is 2.36. The number of carbonyl (C=O) groups excluding carboxylic acids is 1. The lowest BCUT2D eigenvalue weighted by molar-refractivity contribution is -0.137. The molecule has 2 aromatic carbocycles. The molecule has 33 heavy (non-hydrogen) atoms. The fraction of sp³-hybridized carbons (Fsp3) is 0.182. The Balaban J connectivity index is 1.46. The number of carbonyl (C=O) groups is 1. The van der Waals surface area contributed by atoms with Gasteiger partial charge in [-0.3, -0.25) is 4.79 Å². The van der Waals surface area contributed by atoms with E-state index in [1.807, 2.05) is 42.3 Å². The molecule has 1 amide bonds. The number of thiazole rings is 1. The van der Waals surface area contributed by atoms with Crippen LogP contribution < -0.4 is 10.2 Å². The zero-order valence-corrected chi connectivity index (χ0v) is 19.0. The largest absolute Gasteiger partial charge is 0.418 e. The monoisotopic (exact) mass is 489 g/mol. The standard InChI is InChI=1S/C22H18F3N5OS2/c1-30(11-14-7-3-2-4-8-14)21-29-19-18(33-21)20(27-13-26-19)32-12-17(31)28-16-10-6-5-9-15(16)22(23,24)25/h2-10,13H,11-12H2,1H3,(H,28,31). The van der Waals surface area contributed by atoms with Gasteiger partial charge in [0.25, 0.3) is 0 Å². The molecular weight excluding hydrogens is 471 g/mol. The normalized spacial score (nSPS) is 11.5. The van der Waals surface area contributed by atoms with Gasteiger partial charge in [-0.05, 0) is 17.7 Å². The summed E-state index contributed by atoms with van der Waals surface area (Å²) >= 11 is 2.53. The second kappa shape index (κ2) is 9.75. The van der Waals surface area contributed by atoms with Crippen molar-refractivity contribution in [3.8, 4) is 0 Å². The first-order chi connectivity index (χ1) is 15.8. The first kappa shape index (κ1) is 23.0. The van der Waals surface area contributed by atoms with E-state index < -0.39 is 17.6 Å². The van der Waals surface area contributed by atoms with Gasteiger partial charge in [0.1, 0.15) is 16.1 Å². The van der Waals surface area contributed by atoms with Crippen LogP contribution in [-0.2, 0) is 17.5 Å². The van der Waals surface area contributed by atoms with E-state index in [1.165, 1.54) is 35.9 Å². The molecule has 0 unspecified atom stereocenters. The molecule has 170 valence electrons. The summed E-state index contributed by atoms with van der Waals surface area (Å²) in [6, 6.07) is 14.8. The number of benzene rings is 2. The highest BCUT2D eigenvalue weighted by molar-refractivity contribution is 8.00. The molecule has 0 bridgehead atoms. The molecule has 0 aliphatic carbocycles. The van der Waals surface area contributed by atoms with Gasteiger partial charge in [-0.15, -0.1) is 0 Å². The van der Waals surface area contributed by atoms with Crippen LogP contribution in [0.4, 0.5) is 24.0 Å². The summed E-state index contributed by atoms with van der Waals surface area (Å²) in [5, 5.41) is 3.64. The minimum atomic E-state index is -4.55. The lowest BCUT2D eigenvalue weighted by atomic mass is 10.1. The minimum Gasteiger partial charge on any atom is -0.347 e. The third kappa shape index (κ3) is 5.60.